The van der Waals surface area contributed by atoms with Crippen LogP contribution in [-0.4, -0.2) is 55.8 Å². The normalized spacial score (nSPS) is 14.3. The Kier molecular flexibility index (Phi) is 6.43. The van der Waals surface area contributed by atoms with Gasteiger partial charge in [0.05, 0.1) is 22.6 Å². The highest BCUT2D eigenvalue weighted by molar-refractivity contribution is 7.98. The lowest BCUT2D eigenvalue weighted by molar-refractivity contribution is 0.0799. The van der Waals surface area contributed by atoms with E-state index in [0.717, 1.165) is 51.3 Å². The Labute approximate surface area is 207 Å². The van der Waals surface area contributed by atoms with Gasteiger partial charge in [-0.3, -0.25) is 4.79 Å². The van der Waals surface area contributed by atoms with Crippen molar-refractivity contribution in [1.82, 2.24) is 24.8 Å². The number of halogens is 1. The number of carbonyl (C=O) groups excluding carboxylic acids is 1. The van der Waals surface area contributed by atoms with E-state index in [-0.39, 0.29) is 11.9 Å². The van der Waals surface area contributed by atoms with Crippen LogP contribution in [0.1, 0.15) is 34.2 Å². The fraction of sp³-hybridized carbons (Fsp3) is 0.280. The molecule has 3 heterocycles. The number of anilines is 1. The molecule has 0 saturated carbocycles. The summed E-state index contributed by atoms with van der Waals surface area (Å²) in [7, 11) is 0. The molecule has 0 spiro atoms. The van der Waals surface area contributed by atoms with Gasteiger partial charge in [-0.2, -0.15) is 11.8 Å². The van der Waals surface area contributed by atoms with Crippen LogP contribution in [0.15, 0.2) is 48.8 Å². The lowest BCUT2D eigenvalue weighted by atomic mass is 10.0. The number of aromatic amines is 1. The van der Waals surface area contributed by atoms with E-state index in [2.05, 4.69) is 26.5 Å². The molecule has 9 heteroatoms. The first-order chi connectivity index (χ1) is 16.5. The van der Waals surface area contributed by atoms with E-state index in [1.807, 2.05) is 54.3 Å². The first-order valence-corrected chi connectivity index (χ1v) is 12.9. The van der Waals surface area contributed by atoms with Gasteiger partial charge in [0.2, 0.25) is 0 Å². The lowest BCUT2D eigenvalue weighted by Crippen LogP contribution is -2.28. The molecule has 1 atom stereocenters. The maximum Gasteiger partial charge on any atom is 0.254 e. The van der Waals surface area contributed by atoms with E-state index >= 15 is 0 Å². The Morgan fingerprint density at radius 1 is 1.21 bits per heavy atom. The summed E-state index contributed by atoms with van der Waals surface area (Å²) >= 11 is 7.95. The number of H-pyrrole nitrogens is 1. The number of hydrogen-bond acceptors (Lipinski definition) is 6. The van der Waals surface area contributed by atoms with Crippen molar-refractivity contribution in [2.24, 2.45) is 0 Å². The Morgan fingerprint density at radius 2 is 2.03 bits per heavy atom. The number of fused-ring (bicyclic) bond motifs is 2. The first-order valence-electron chi connectivity index (χ1n) is 11.1. The summed E-state index contributed by atoms with van der Waals surface area (Å²) in [6.45, 7) is 3.25. The van der Waals surface area contributed by atoms with Crippen LogP contribution < -0.4 is 5.32 Å². The number of carbonyl (C=O) groups is 1. The third kappa shape index (κ3) is 4.48. The Bertz CT molecular complexity index is 1390. The minimum Gasteiger partial charge on any atom is -0.359 e. The maximum atomic E-state index is 13.0. The molecule has 2 N–H and O–H groups in total. The number of nitrogens with zero attached hydrogens (tertiary/aromatic N) is 4. The molecule has 5 rings (SSSR count). The van der Waals surface area contributed by atoms with Gasteiger partial charge in [0.1, 0.15) is 18.0 Å². The molecule has 1 aliphatic rings. The maximum absolute atomic E-state index is 13.0. The second kappa shape index (κ2) is 9.64. The summed E-state index contributed by atoms with van der Waals surface area (Å²) < 4.78 is 0. The number of thioether (sulfide) groups is 1. The molecule has 34 heavy (non-hydrogen) atoms. The summed E-state index contributed by atoms with van der Waals surface area (Å²) in [6.07, 6.45) is 8.51. The van der Waals surface area contributed by atoms with Crippen molar-refractivity contribution in [3.05, 3.63) is 70.8 Å². The predicted octanol–water partition coefficient (Wildman–Crippen LogP) is 5.39. The van der Waals surface area contributed by atoms with E-state index < -0.39 is 0 Å². The molecule has 2 aromatic carbocycles. The monoisotopic (exact) mass is 492 g/mol. The van der Waals surface area contributed by atoms with Crippen LogP contribution in [0, 0.1) is 6.92 Å². The van der Waals surface area contributed by atoms with Crippen molar-refractivity contribution < 1.29 is 4.79 Å². The minimum absolute atomic E-state index is 0.0244. The number of amides is 1. The summed E-state index contributed by atoms with van der Waals surface area (Å²) in [6, 6.07) is 9.44. The Morgan fingerprint density at radius 3 is 2.82 bits per heavy atom. The average molecular weight is 493 g/mol. The smallest absolute Gasteiger partial charge is 0.254 e. The van der Waals surface area contributed by atoms with Gasteiger partial charge >= 0.3 is 0 Å². The van der Waals surface area contributed by atoms with Gasteiger partial charge in [0.25, 0.3) is 5.91 Å². The minimum atomic E-state index is -0.0750. The highest BCUT2D eigenvalue weighted by Crippen LogP contribution is 2.30. The molecular weight excluding hydrogens is 468 g/mol. The van der Waals surface area contributed by atoms with Gasteiger partial charge in [0, 0.05) is 29.1 Å². The van der Waals surface area contributed by atoms with Crippen LogP contribution in [0.25, 0.3) is 21.9 Å². The number of hydrogen-bond donors (Lipinski definition) is 2. The molecule has 1 amide bonds. The van der Waals surface area contributed by atoms with Crippen molar-refractivity contribution in [2.45, 2.75) is 19.4 Å². The second-order valence-electron chi connectivity index (χ2n) is 8.35. The fourth-order valence-electron chi connectivity index (χ4n) is 4.22. The average Bonchev–Trinajstić information content (AvgIpc) is 3.51. The number of rotatable bonds is 7. The van der Waals surface area contributed by atoms with Gasteiger partial charge in [-0.05, 0) is 61.2 Å². The highest BCUT2D eigenvalue weighted by Gasteiger charge is 2.21. The van der Waals surface area contributed by atoms with Crippen LogP contribution in [-0.2, 0) is 0 Å². The SMILES string of the molecule is CSCCC(Nc1ncnc2cc(C(=O)N3CC=CC3)c(C)cc12)c1nc2ccc(Cl)cc2[nH]1. The molecule has 7 nitrogen and oxygen atoms in total. The number of aryl methyl sites for hydroxylation is 1. The molecule has 2 aromatic heterocycles. The van der Waals surface area contributed by atoms with E-state index in [1.54, 1.807) is 11.8 Å². The van der Waals surface area contributed by atoms with E-state index in [1.165, 1.54) is 6.33 Å². The van der Waals surface area contributed by atoms with Crippen molar-refractivity contribution in [1.29, 1.82) is 0 Å². The molecule has 0 fully saturated rings. The zero-order valence-corrected chi connectivity index (χ0v) is 20.6. The zero-order chi connectivity index (χ0) is 23.7. The number of imidazole rings is 1. The third-order valence-electron chi connectivity index (χ3n) is 6.03. The molecule has 1 aliphatic heterocycles. The van der Waals surface area contributed by atoms with Crippen LogP contribution in [0.2, 0.25) is 5.02 Å². The first kappa shape index (κ1) is 22.7. The van der Waals surface area contributed by atoms with Gasteiger partial charge in [-0.15, -0.1) is 0 Å². The molecule has 4 aromatic rings. The number of benzene rings is 2. The summed E-state index contributed by atoms with van der Waals surface area (Å²) in [4.78, 5) is 32.0. The highest BCUT2D eigenvalue weighted by atomic mass is 35.5. The van der Waals surface area contributed by atoms with Gasteiger partial charge < -0.3 is 15.2 Å². The quantitative estimate of drug-likeness (QED) is 0.336. The van der Waals surface area contributed by atoms with Crippen LogP contribution >= 0.6 is 23.4 Å². The van der Waals surface area contributed by atoms with E-state index in [0.29, 0.717) is 23.7 Å². The van der Waals surface area contributed by atoms with Crippen LogP contribution in [0.3, 0.4) is 0 Å². The molecule has 0 saturated heterocycles. The Balaban J connectivity index is 1.49. The lowest BCUT2D eigenvalue weighted by Gasteiger charge is -2.20. The molecule has 0 bridgehead atoms. The Hall–Kier alpha value is -3.10. The fourth-order valence-corrected chi connectivity index (χ4v) is 4.86. The van der Waals surface area contributed by atoms with E-state index in [9.17, 15) is 4.79 Å². The van der Waals surface area contributed by atoms with Gasteiger partial charge in [-0.25, -0.2) is 15.0 Å². The predicted molar refractivity (Wildman–Crippen MR) is 140 cm³/mol. The van der Waals surface area contributed by atoms with Crippen molar-refractivity contribution in [2.75, 3.05) is 30.4 Å². The summed E-state index contributed by atoms with van der Waals surface area (Å²) in [5, 5.41) is 5.13. The topological polar surface area (TPSA) is 86.8 Å². The number of aromatic nitrogens is 4. The largest absolute Gasteiger partial charge is 0.359 e. The third-order valence-corrected chi connectivity index (χ3v) is 6.91. The van der Waals surface area contributed by atoms with E-state index in [4.69, 9.17) is 16.6 Å². The molecular formula is C25H25ClN6OS. The van der Waals surface area contributed by atoms with Crippen molar-refractivity contribution in [3.63, 3.8) is 0 Å². The second-order valence-corrected chi connectivity index (χ2v) is 9.77. The van der Waals surface area contributed by atoms with Crippen molar-refractivity contribution in [3.8, 4) is 0 Å². The molecule has 1 unspecified atom stereocenters. The van der Waals surface area contributed by atoms with Crippen LogP contribution in [0.5, 0.6) is 0 Å². The summed E-state index contributed by atoms with van der Waals surface area (Å²) in [5.74, 6) is 2.54. The van der Waals surface area contributed by atoms with Gasteiger partial charge in [-0.1, -0.05) is 23.8 Å². The standard InChI is InChI=1S/C25H25ClN6OS/c1-15-11-18-21(13-17(15)25(33)32-8-3-4-9-32)27-14-28-23(18)30-20(7-10-34-2)24-29-19-6-5-16(26)12-22(19)31-24/h3-6,11-14,20H,7-10H2,1-2H3,(H,29,31)(H,27,28,30). The number of nitrogens with one attached hydrogen (secondary N) is 2. The van der Waals surface area contributed by atoms with Crippen molar-refractivity contribution >= 4 is 57.0 Å². The summed E-state index contributed by atoms with van der Waals surface area (Å²) in [5.41, 5.74) is 4.09. The van der Waals surface area contributed by atoms with Gasteiger partial charge in [0.15, 0.2) is 0 Å². The molecule has 0 aliphatic carbocycles. The molecule has 0 radical (unpaired) electrons. The zero-order valence-electron chi connectivity index (χ0n) is 19.0. The molecule has 174 valence electrons. The van der Waals surface area contributed by atoms with Crippen LogP contribution in [0.4, 0.5) is 5.82 Å².